The molecule has 0 atom stereocenters. The van der Waals surface area contributed by atoms with E-state index < -0.39 is 23.3 Å². The van der Waals surface area contributed by atoms with Gasteiger partial charge in [-0.15, -0.1) is 0 Å². The molecular weight excluding hydrogens is 504 g/mol. The van der Waals surface area contributed by atoms with Crippen LogP contribution in [0, 0.1) is 5.41 Å². The highest BCUT2D eigenvalue weighted by atomic mass is 16.4. The largest absolute Gasteiger partial charge is 0.481 e. The van der Waals surface area contributed by atoms with Crippen molar-refractivity contribution in [3.8, 4) is 0 Å². The van der Waals surface area contributed by atoms with Crippen LogP contribution in [0.4, 0.5) is 0 Å². The predicted octanol–water partition coefficient (Wildman–Crippen LogP) is 6.65. The van der Waals surface area contributed by atoms with Crippen LogP contribution in [0.1, 0.15) is 150 Å². The minimum absolute atomic E-state index is 0.156. The SMILES string of the molecule is CCC(CO)(CO)CO.CCCCCC(=O)O.CCCCCCCC(=O)O.CCCCCCCCCC(=O)O. The molecule has 0 radical (unpaired) electrons. The quantitative estimate of drug-likeness (QED) is 0.0784. The Labute approximate surface area is 238 Å². The van der Waals surface area contributed by atoms with Crippen LogP contribution in [0.2, 0.25) is 0 Å². The average molecular weight is 567 g/mol. The summed E-state index contributed by atoms with van der Waals surface area (Å²) in [6.07, 6.45) is 18.4. The second-order valence-electron chi connectivity index (χ2n) is 10.0. The minimum atomic E-state index is -0.682. The molecule has 9 nitrogen and oxygen atoms in total. The fraction of sp³-hybridized carbons (Fsp3) is 0.900. The van der Waals surface area contributed by atoms with Gasteiger partial charge in [-0.05, 0) is 25.7 Å². The molecule has 0 aromatic heterocycles. The van der Waals surface area contributed by atoms with Gasteiger partial charge in [-0.2, -0.15) is 0 Å². The van der Waals surface area contributed by atoms with Crippen LogP contribution in [0.15, 0.2) is 0 Å². The summed E-state index contributed by atoms with van der Waals surface area (Å²) in [7, 11) is 0. The van der Waals surface area contributed by atoms with E-state index in [1.807, 2.05) is 6.92 Å². The lowest BCUT2D eigenvalue weighted by molar-refractivity contribution is -0.138. The maximum atomic E-state index is 10.1. The fourth-order valence-electron chi connectivity index (χ4n) is 3.12. The van der Waals surface area contributed by atoms with Gasteiger partial charge in [-0.25, -0.2) is 0 Å². The van der Waals surface area contributed by atoms with Gasteiger partial charge in [0.05, 0.1) is 19.8 Å². The van der Waals surface area contributed by atoms with E-state index in [4.69, 9.17) is 30.6 Å². The third-order valence-electron chi connectivity index (χ3n) is 6.24. The van der Waals surface area contributed by atoms with Gasteiger partial charge in [0.2, 0.25) is 0 Å². The molecule has 0 aliphatic heterocycles. The Kier molecular flexibility index (Phi) is 41.2. The molecule has 0 spiro atoms. The first-order valence-electron chi connectivity index (χ1n) is 15.0. The summed E-state index contributed by atoms with van der Waals surface area (Å²) in [5, 5.41) is 50.7. The zero-order chi connectivity index (χ0) is 30.8. The second-order valence-corrected chi connectivity index (χ2v) is 10.0. The second kappa shape index (κ2) is 36.3. The van der Waals surface area contributed by atoms with E-state index in [0.717, 1.165) is 44.9 Å². The van der Waals surface area contributed by atoms with Gasteiger partial charge in [0.1, 0.15) is 0 Å². The lowest BCUT2D eigenvalue weighted by atomic mass is 9.88. The molecule has 9 heteroatoms. The van der Waals surface area contributed by atoms with Crippen molar-refractivity contribution >= 4 is 17.9 Å². The molecule has 0 aliphatic carbocycles. The molecule has 0 saturated heterocycles. The summed E-state index contributed by atoms with van der Waals surface area (Å²) >= 11 is 0. The number of carbonyl (C=O) groups is 3. The highest BCUT2D eigenvalue weighted by Gasteiger charge is 2.24. The van der Waals surface area contributed by atoms with Gasteiger partial charge in [-0.3, -0.25) is 14.4 Å². The molecule has 0 fully saturated rings. The molecule has 6 N–H and O–H groups in total. The van der Waals surface area contributed by atoms with E-state index in [0.29, 0.717) is 25.7 Å². The Morgan fingerprint density at radius 3 is 0.872 bits per heavy atom. The van der Waals surface area contributed by atoms with Crippen molar-refractivity contribution in [2.75, 3.05) is 19.8 Å². The van der Waals surface area contributed by atoms with Crippen molar-refractivity contribution < 1.29 is 45.0 Å². The van der Waals surface area contributed by atoms with E-state index in [2.05, 4.69) is 20.8 Å². The normalized spacial score (nSPS) is 10.2. The molecular formula is C30H62O9. The van der Waals surface area contributed by atoms with Gasteiger partial charge >= 0.3 is 17.9 Å². The zero-order valence-electron chi connectivity index (χ0n) is 25.5. The minimum Gasteiger partial charge on any atom is -0.481 e. The Morgan fingerprint density at radius 1 is 0.436 bits per heavy atom. The molecule has 236 valence electrons. The van der Waals surface area contributed by atoms with E-state index in [9.17, 15) is 14.4 Å². The van der Waals surface area contributed by atoms with Crippen molar-refractivity contribution in [3.05, 3.63) is 0 Å². The summed E-state index contributed by atoms with van der Waals surface area (Å²) in [6.45, 7) is 7.76. The molecule has 0 heterocycles. The number of hydrogen-bond acceptors (Lipinski definition) is 6. The van der Waals surface area contributed by atoms with Crippen LogP contribution in [0.3, 0.4) is 0 Å². The maximum absolute atomic E-state index is 10.1. The first-order valence-corrected chi connectivity index (χ1v) is 15.0. The third-order valence-corrected chi connectivity index (χ3v) is 6.24. The number of rotatable bonds is 22. The maximum Gasteiger partial charge on any atom is 0.303 e. The fourth-order valence-corrected chi connectivity index (χ4v) is 3.12. The summed E-state index contributed by atoms with van der Waals surface area (Å²) in [5.41, 5.74) is -0.667. The smallest absolute Gasteiger partial charge is 0.303 e. The standard InChI is InChI=1S/C10H20O2.C8H16O2.C6H14O3.C6H12O2/c1-2-3-4-5-6-7-8-9-10(11)12;1-2-3-4-5-6-7-8(9)10;1-2-6(3-7,4-8)5-9;1-2-3-4-5-6(7)8/h2-9H2,1H3,(H,11,12);2-7H2,1H3,(H,9,10);7-9H,2-5H2,1H3;2-5H2,1H3,(H,7,8). The molecule has 0 aliphatic rings. The van der Waals surface area contributed by atoms with Gasteiger partial charge < -0.3 is 30.6 Å². The van der Waals surface area contributed by atoms with Crippen molar-refractivity contribution in [3.63, 3.8) is 0 Å². The van der Waals surface area contributed by atoms with E-state index in [1.165, 1.54) is 51.4 Å². The van der Waals surface area contributed by atoms with Gasteiger partial charge in [0, 0.05) is 24.7 Å². The number of aliphatic carboxylic acids is 3. The van der Waals surface area contributed by atoms with Gasteiger partial charge in [0.15, 0.2) is 0 Å². The van der Waals surface area contributed by atoms with Crippen molar-refractivity contribution in [1.29, 1.82) is 0 Å². The van der Waals surface area contributed by atoms with Crippen LogP contribution >= 0.6 is 0 Å². The van der Waals surface area contributed by atoms with Crippen LogP contribution in [-0.4, -0.2) is 68.4 Å². The topological polar surface area (TPSA) is 173 Å². The number of hydrogen-bond donors (Lipinski definition) is 6. The molecule has 39 heavy (non-hydrogen) atoms. The Bertz CT molecular complexity index is 503. The number of aliphatic hydroxyl groups is 3. The number of aliphatic hydroxyl groups excluding tert-OH is 3. The van der Waals surface area contributed by atoms with E-state index in [-0.39, 0.29) is 19.8 Å². The van der Waals surface area contributed by atoms with E-state index >= 15 is 0 Å². The summed E-state index contributed by atoms with van der Waals surface area (Å²) in [5.74, 6) is -2.02. The van der Waals surface area contributed by atoms with Crippen molar-refractivity contribution in [1.82, 2.24) is 0 Å². The molecule has 0 bridgehead atoms. The molecule has 0 aromatic rings. The Morgan fingerprint density at radius 2 is 0.667 bits per heavy atom. The van der Waals surface area contributed by atoms with Gasteiger partial charge in [-0.1, -0.05) is 105 Å². The Balaban J connectivity index is -0.000000212. The first-order chi connectivity index (χ1) is 18.6. The van der Waals surface area contributed by atoms with Crippen molar-refractivity contribution in [2.24, 2.45) is 5.41 Å². The van der Waals surface area contributed by atoms with Crippen LogP contribution in [0.25, 0.3) is 0 Å². The third kappa shape index (κ3) is 43.6. The Hall–Kier alpha value is -1.71. The highest BCUT2D eigenvalue weighted by molar-refractivity contribution is 5.67. The van der Waals surface area contributed by atoms with Crippen LogP contribution in [0.5, 0.6) is 0 Å². The summed E-state index contributed by atoms with van der Waals surface area (Å²) in [4.78, 5) is 30.0. The van der Waals surface area contributed by atoms with E-state index in [1.54, 1.807) is 0 Å². The number of carboxylic acids is 3. The van der Waals surface area contributed by atoms with Crippen LogP contribution < -0.4 is 0 Å². The predicted molar refractivity (Wildman–Crippen MR) is 157 cm³/mol. The lowest BCUT2D eigenvalue weighted by Crippen LogP contribution is -2.32. The molecule has 0 aromatic carbocycles. The summed E-state index contributed by atoms with van der Waals surface area (Å²) in [6, 6.07) is 0. The average Bonchev–Trinajstić information content (AvgIpc) is 2.90. The highest BCUT2D eigenvalue weighted by Crippen LogP contribution is 2.18. The molecule has 0 amide bonds. The monoisotopic (exact) mass is 566 g/mol. The molecule has 0 rings (SSSR count). The first kappa shape index (κ1) is 44.3. The van der Waals surface area contributed by atoms with Crippen LogP contribution in [-0.2, 0) is 14.4 Å². The lowest BCUT2D eigenvalue weighted by Gasteiger charge is -2.24. The van der Waals surface area contributed by atoms with Gasteiger partial charge in [0.25, 0.3) is 0 Å². The molecule has 0 saturated carbocycles. The number of unbranched alkanes of at least 4 members (excludes halogenated alkanes) is 12. The number of carboxylic acid groups (broad SMARTS) is 3. The summed E-state index contributed by atoms with van der Waals surface area (Å²) < 4.78 is 0. The molecule has 0 unspecified atom stereocenters. The van der Waals surface area contributed by atoms with Crippen molar-refractivity contribution in [2.45, 2.75) is 150 Å². The zero-order valence-corrected chi connectivity index (χ0v) is 25.5.